The van der Waals surface area contributed by atoms with Crippen LogP contribution in [0.4, 0.5) is 10.7 Å². The Bertz CT molecular complexity index is 430. The van der Waals surface area contributed by atoms with Gasteiger partial charge in [0.1, 0.15) is 15.6 Å². The molecule has 0 aliphatic carbocycles. The van der Waals surface area contributed by atoms with Crippen LogP contribution in [0.2, 0.25) is 0 Å². The van der Waals surface area contributed by atoms with E-state index in [0.717, 1.165) is 18.0 Å². The van der Waals surface area contributed by atoms with E-state index in [2.05, 4.69) is 12.2 Å². The Balaban J connectivity index is 2.86. The lowest BCUT2D eigenvalue weighted by molar-refractivity contribution is 0.0833. The van der Waals surface area contributed by atoms with Gasteiger partial charge in [0.25, 0.3) is 5.91 Å². The Morgan fingerprint density at radius 1 is 1.42 bits per heavy atom. The Labute approximate surface area is 118 Å². The number of rotatable bonds is 7. The fourth-order valence-corrected chi connectivity index (χ4v) is 2.82. The zero-order valence-corrected chi connectivity index (χ0v) is 12.9. The molecule has 0 atom stereocenters. The van der Waals surface area contributed by atoms with E-state index in [1.54, 1.807) is 21.2 Å². The molecule has 5 nitrogen and oxygen atoms in total. The predicted molar refractivity (Wildman–Crippen MR) is 81.3 cm³/mol. The second-order valence-corrected chi connectivity index (χ2v) is 5.56. The smallest absolute Gasteiger partial charge is 0.265 e. The predicted octanol–water partition coefficient (Wildman–Crippen LogP) is 2.64. The average Bonchev–Trinajstić information content (AvgIpc) is 2.70. The maximum atomic E-state index is 12.0. The molecular weight excluding hydrogens is 262 g/mol. The Morgan fingerprint density at radius 2 is 2.11 bits per heavy atom. The Kier molecular flexibility index (Phi) is 5.95. The van der Waals surface area contributed by atoms with E-state index in [1.807, 2.05) is 0 Å². The van der Waals surface area contributed by atoms with Crippen LogP contribution in [0, 0.1) is 0 Å². The summed E-state index contributed by atoms with van der Waals surface area (Å²) in [5.74, 6) is 0.481. The minimum Gasteiger partial charge on any atom is -0.492 e. The van der Waals surface area contributed by atoms with Gasteiger partial charge in [-0.15, -0.1) is 11.3 Å². The Hall–Kier alpha value is -1.43. The number of unbranched alkanes of at least 4 members (excludes halogenated alkanes) is 2. The van der Waals surface area contributed by atoms with Crippen molar-refractivity contribution in [3.05, 3.63) is 4.88 Å². The summed E-state index contributed by atoms with van der Waals surface area (Å²) in [6.07, 6.45) is 3.45. The van der Waals surface area contributed by atoms with Gasteiger partial charge in [0, 0.05) is 20.6 Å². The van der Waals surface area contributed by atoms with Crippen LogP contribution in [-0.2, 0) is 0 Å². The molecule has 1 rings (SSSR count). The number of nitrogens with two attached hydrogens (primary N) is 1. The quantitative estimate of drug-likeness (QED) is 0.756. The van der Waals surface area contributed by atoms with Crippen molar-refractivity contribution in [1.29, 1.82) is 0 Å². The van der Waals surface area contributed by atoms with Gasteiger partial charge in [-0.25, -0.2) is 0 Å². The molecule has 19 heavy (non-hydrogen) atoms. The monoisotopic (exact) mass is 285 g/mol. The normalized spacial score (nSPS) is 10.3. The van der Waals surface area contributed by atoms with Gasteiger partial charge in [-0.1, -0.05) is 19.8 Å². The third-order valence-electron chi connectivity index (χ3n) is 2.77. The van der Waals surface area contributed by atoms with Gasteiger partial charge in [0.15, 0.2) is 5.75 Å². The second kappa shape index (κ2) is 7.23. The summed E-state index contributed by atoms with van der Waals surface area (Å²) >= 11 is 1.35. The van der Waals surface area contributed by atoms with Crippen LogP contribution < -0.4 is 15.8 Å². The molecule has 1 heterocycles. The number of thiophene rings is 1. The van der Waals surface area contributed by atoms with Crippen LogP contribution >= 0.6 is 11.3 Å². The fourth-order valence-electron chi connectivity index (χ4n) is 1.69. The SMILES string of the molecule is CCCCCNc1sc(C(=O)N(C)C)c(N)c1OC. The summed E-state index contributed by atoms with van der Waals surface area (Å²) in [6.45, 7) is 3.03. The van der Waals surface area contributed by atoms with Crippen LogP contribution in [0.3, 0.4) is 0 Å². The van der Waals surface area contributed by atoms with Gasteiger partial charge < -0.3 is 20.7 Å². The van der Waals surface area contributed by atoms with Crippen LogP contribution in [-0.4, -0.2) is 38.6 Å². The second-order valence-electron chi connectivity index (χ2n) is 4.54. The van der Waals surface area contributed by atoms with Crippen LogP contribution in [0.25, 0.3) is 0 Å². The van der Waals surface area contributed by atoms with E-state index in [1.165, 1.54) is 29.1 Å². The van der Waals surface area contributed by atoms with Gasteiger partial charge in [0.05, 0.1) is 7.11 Å². The first kappa shape index (κ1) is 15.6. The van der Waals surface area contributed by atoms with Crippen molar-refractivity contribution in [2.24, 2.45) is 0 Å². The first-order valence-electron chi connectivity index (χ1n) is 6.44. The number of hydrogen-bond donors (Lipinski definition) is 2. The molecular formula is C13H23N3O2S. The molecule has 0 aliphatic rings. The number of nitrogens with zero attached hydrogens (tertiary/aromatic N) is 1. The van der Waals surface area contributed by atoms with E-state index in [4.69, 9.17) is 10.5 Å². The highest BCUT2D eigenvalue weighted by Gasteiger charge is 2.22. The van der Waals surface area contributed by atoms with Gasteiger partial charge in [-0.05, 0) is 6.42 Å². The minimum atomic E-state index is -0.0950. The van der Waals surface area contributed by atoms with Crippen molar-refractivity contribution in [2.45, 2.75) is 26.2 Å². The molecule has 0 saturated heterocycles. The molecule has 0 spiro atoms. The van der Waals surface area contributed by atoms with Crippen LogP contribution in [0.1, 0.15) is 35.9 Å². The summed E-state index contributed by atoms with van der Waals surface area (Å²) in [4.78, 5) is 14.0. The molecule has 1 amide bonds. The summed E-state index contributed by atoms with van der Waals surface area (Å²) in [5, 5.41) is 4.13. The third-order valence-corrected chi connectivity index (χ3v) is 3.90. The summed E-state index contributed by atoms with van der Waals surface area (Å²) in [7, 11) is 4.99. The van der Waals surface area contributed by atoms with Gasteiger partial charge in [-0.2, -0.15) is 0 Å². The zero-order chi connectivity index (χ0) is 14.4. The number of anilines is 2. The molecule has 0 bridgehead atoms. The molecule has 1 aromatic heterocycles. The maximum Gasteiger partial charge on any atom is 0.265 e. The summed E-state index contributed by atoms with van der Waals surface area (Å²) in [6, 6.07) is 0. The Morgan fingerprint density at radius 3 is 2.63 bits per heavy atom. The fraction of sp³-hybridized carbons (Fsp3) is 0.615. The van der Waals surface area contributed by atoms with E-state index < -0.39 is 0 Å². The molecule has 0 saturated carbocycles. The summed E-state index contributed by atoms with van der Waals surface area (Å²) in [5.41, 5.74) is 6.40. The van der Waals surface area contributed by atoms with Gasteiger partial charge in [-0.3, -0.25) is 4.79 Å². The minimum absolute atomic E-state index is 0.0950. The number of ether oxygens (including phenoxy) is 1. The van der Waals surface area contributed by atoms with E-state index in [-0.39, 0.29) is 5.91 Å². The van der Waals surface area contributed by atoms with Crippen molar-refractivity contribution in [3.8, 4) is 5.75 Å². The molecule has 1 aromatic rings. The standard InChI is InChI=1S/C13H23N3O2S/c1-5-6-7-8-15-12-10(18-4)9(14)11(19-12)13(17)16(2)3/h15H,5-8,14H2,1-4H3. The first-order valence-corrected chi connectivity index (χ1v) is 7.26. The summed E-state index contributed by atoms with van der Waals surface area (Å²) < 4.78 is 5.30. The number of carbonyl (C=O) groups is 1. The van der Waals surface area contributed by atoms with Crippen molar-refractivity contribution >= 4 is 27.9 Å². The molecule has 0 aliphatic heterocycles. The first-order chi connectivity index (χ1) is 9.02. The third kappa shape index (κ3) is 3.76. The largest absolute Gasteiger partial charge is 0.492 e. The number of methoxy groups -OCH3 is 1. The van der Waals surface area contributed by atoms with E-state index in [0.29, 0.717) is 16.3 Å². The molecule has 108 valence electrons. The number of nitrogens with one attached hydrogen (secondary N) is 1. The topological polar surface area (TPSA) is 67.6 Å². The lowest BCUT2D eigenvalue weighted by Gasteiger charge is -2.08. The molecule has 0 fully saturated rings. The number of amides is 1. The van der Waals surface area contributed by atoms with Crippen molar-refractivity contribution < 1.29 is 9.53 Å². The molecule has 3 N–H and O–H groups in total. The lowest BCUT2D eigenvalue weighted by Crippen LogP contribution is -2.21. The van der Waals surface area contributed by atoms with Gasteiger partial charge in [0.2, 0.25) is 0 Å². The van der Waals surface area contributed by atoms with Crippen molar-refractivity contribution in [2.75, 3.05) is 38.8 Å². The number of hydrogen-bond acceptors (Lipinski definition) is 5. The zero-order valence-electron chi connectivity index (χ0n) is 12.1. The highest BCUT2D eigenvalue weighted by Crippen LogP contribution is 2.42. The lowest BCUT2D eigenvalue weighted by atomic mass is 10.2. The average molecular weight is 285 g/mol. The van der Waals surface area contributed by atoms with E-state index >= 15 is 0 Å². The number of nitrogen functional groups attached to an aromatic ring is 1. The van der Waals surface area contributed by atoms with Gasteiger partial charge >= 0.3 is 0 Å². The molecule has 6 heteroatoms. The highest BCUT2D eigenvalue weighted by atomic mass is 32.1. The van der Waals surface area contributed by atoms with Crippen molar-refractivity contribution in [3.63, 3.8) is 0 Å². The molecule has 0 radical (unpaired) electrons. The molecule has 0 unspecified atom stereocenters. The van der Waals surface area contributed by atoms with E-state index in [9.17, 15) is 4.79 Å². The van der Waals surface area contributed by atoms with Crippen LogP contribution in [0.5, 0.6) is 5.75 Å². The van der Waals surface area contributed by atoms with Crippen LogP contribution in [0.15, 0.2) is 0 Å². The maximum absolute atomic E-state index is 12.0. The highest BCUT2D eigenvalue weighted by molar-refractivity contribution is 7.19. The van der Waals surface area contributed by atoms with Crippen molar-refractivity contribution in [1.82, 2.24) is 4.90 Å². The molecule has 0 aromatic carbocycles. The number of carbonyl (C=O) groups excluding carboxylic acids is 1.